The molecule has 2 heterocycles. The van der Waals surface area contributed by atoms with E-state index in [1.807, 2.05) is 24.3 Å². The first-order chi connectivity index (χ1) is 17.7. The van der Waals surface area contributed by atoms with Crippen molar-refractivity contribution in [2.45, 2.75) is 37.6 Å². The van der Waals surface area contributed by atoms with Gasteiger partial charge in [-0.2, -0.15) is 0 Å². The summed E-state index contributed by atoms with van der Waals surface area (Å²) in [5, 5.41) is 3.01. The topological polar surface area (TPSA) is 45.2 Å². The summed E-state index contributed by atoms with van der Waals surface area (Å²) >= 11 is 0. The molecule has 1 atom stereocenters. The molecule has 2 aromatic carbocycles. The average molecular weight is 480 g/mol. The van der Waals surface area contributed by atoms with E-state index in [1.165, 1.54) is 24.0 Å². The van der Waals surface area contributed by atoms with E-state index in [2.05, 4.69) is 82.9 Å². The number of benzene rings is 2. The molecule has 1 unspecified atom stereocenters. The van der Waals surface area contributed by atoms with E-state index in [1.54, 1.807) is 24.5 Å². The second kappa shape index (κ2) is 13.0. The van der Waals surface area contributed by atoms with Crippen molar-refractivity contribution in [2.75, 3.05) is 20.1 Å². The highest BCUT2D eigenvalue weighted by molar-refractivity contribution is 5.87. The molecule has 1 aliphatic rings. The predicted octanol–water partition coefficient (Wildman–Crippen LogP) is 6.22. The molecule has 3 aromatic rings. The number of carbonyl (C=O) groups is 1. The number of pyridine rings is 1. The number of likely N-dealkylation sites (tertiary alicyclic amines) is 1. The van der Waals surface area contributed by atoms with Crippen molar-refractivity contribution in [3.63, 3.8) is 0 Å². The number of aromatic nitrogens is 1. The molecule has 1 fully saturated rings. The fourth-order valence-electron chi connectivity index (χ4n) is 5.37. The fourth-order valence-corrected chi connectivity index (χ4v) is 5.37. The summed E-state index contributed by atoms with van der Waals surface area (Å²) in [7, 11) is 2.27. The van der Waals surface area contributed by atoms with Gasteiger partial charge in [0.05, 0.1) is 5.54 Å². The minimum absolute atomic E-state index is 0.0442. The van der Waals surface area contributed by atoms with E-state index in [0.717, 1.165) is 31.4 Å². The van der Waals surface area contributed by atoms with Crippen LogP contribution in [0.3, 0.4) is 0 Å². The van der Waals surface area contributed by atoms with Crippen LogP contribution in [0.25, 0.3) is 6.08 Å². The molecule has 4 rings (SSSR count). The van der Waals surface area contributed by atoms with Crippen LogP contribution in [0.15, 0.2) is 103 Å². The van der Waals surface area contributed by atoms with Crippen LogP contribution >= 0.6 is 0 Å². The van der Waals surface area contributed by atoms with Crippen molar-refractivity contribution in [3.05, 3.63) is 120 Å². The van der Waals surface area contributed by atoms with Gasteiger partial charge in [0.15, 0.2) is 0 Å². The summed E-state index contributed by atoms with van der Waals surface area (Å²) < 4.78 is 0. The lowest BCUT2D eigenvalue weighted by Gasteiger charge is -2.49. The van der Waals surface area contributed by atoms with Gasteiger partial charge in [-0.15, -0.1) is 0 Å². The molecule has 0 aliphatic carbocycles. The number of piperidine rings is 1. The third kappa shape index (κ3) is 6.58. The van der Waals surface area contributed by atoms with E-state index in [4.69, 9.17) is 0 Å². The molecule has 0 spiro atoms. The van der Waals surface area contributed by atoms with Gasteiger partial charge in [0.25, 0.3) is 0 Å². The second-order valence-electron chi connectivity index (χ2n) is 9.66. The first kappa shape index (κ1) is 25.6. The summed E-state index contributed by atoms with van der Waals surface area (Å²) in [4.78, 5) is 18.7. The Morgan fingerprint density at radius 2 is 1.72 bits per heavy atom. The second-order valence-corrected chi connectivity index (χ2v) is 9.66. The minimum Gasteiger partial charge on any atom is -0.353 e. The first-order valence-corrected chi connectivity index (χ1v) is 13.0. The van der Waals surface area contributed by atoms with Crippen LogP contribution in [0.4, 0.5) is 0 Å². The summed E-state index contributed by atoms with van der Waals surface area (Å²) in [6.07, 6.45) is 16.3. The zero-order chi connectivity index (χ0) is 25.1. The minimum atomic E-state index is -0.0895. The Labute approximate surface area is 215 Å². The van der Waals surface area contributed by atoms with Crippen LogP contribution in [-0.4, -0.2) is 35.9 Å². The highest BCUT2D eigenvalue weighted by Gasteiger charge is 2.42. The van der Waals surface area contributed by atoms with Crippen LogP contribution < -0.4 is 5.32 Å². The normalized spacial score (nSPS) is 18.0. The summed E-state index contributed by atoms with van der Waals surface area (Å²) in [6.45, 7) is 1.80. The monoisotopic (exact) mass is 479 g/mol. The number of nitrogens with one attached hydrogen (secondary N) is 1. The van der Waals surface area contributed by atoms with Gasteiger partial charge in [0.2, 0.25) is 5.91 Å². The van der Waals surface area contributed by atoms with Crippen LogP contribution in [0.2, 0.25) is 0 Å². The summed E-state index contributed by atoms with van der Waals surface area (Å²) in [5.41, 5.74) is 3.67. The Bertz CT molecular complexity index is 1090. The Hall–Kier alpha value is -3.50. The number of unbranched alkanes of at least 4 members (excludes halogenated alkanes) is 1. The van der Waals surface area contributed by atoms with Crippen molar-refractivity contribution in [3.8, 4) is 0 Å². The molecule has 4 nitrogen and oxygen atoms in total. The van der Waals surface area contributed by atoms with Gasteiger partial charge in [0.1, 0.15) is 0 Å². The molecule has 36 heavy (non-hydrogen) atoms. The Morgan fingerprint density at radius 1 is 1.00 bits per heavy atom. The Kier molecular flexibility index (Phi) is 9.23. The molecular formula is C32H37N3O. The van der Waals surface area contributed by atoms with E-state index >= 15 is 0 Å². The maximum atomic E-state index is 12.1. The molecule has 1 aliphatic heterocycles. The maximum absolute atomic E-state index is 12.1. The molecule has 0 bridgehead atoms. The quantitative estimate of drug-likeness (QED) is 0.213. The van der Waals surface area contributed by atoms with Gasteiger partial charge in [-0.25, -0.2) is 0 Å². The number of rotatable bonds is 10. The molecule has 0 radical (unpaired) electrons. The predicted molar refractivity (Wildman–Crippen MR) is 148 cm³/mol. The Morgan fingerprint density at radius 3 is 2.39 bits per heavy atom. The van der Waals surface area contributed by atoms with Crippen LogP contribution in [0, 0.1) is 5.92 Å². The zero-order valence-electron chi connectivity index (χ0n) is 21.2. The van der Waals surface area contributed by atoms with Crippen LogP contribution in [-0.2, 0) is 10.3 Å². The molecule has 1 N–H and O–H groups in total. The highest BCUT2D eigenvalue weighted by Crippen LogP contribution is 2.45. The third-order valence-corrected chi connectivity index (χ3v) is 7.28. The van der Waals surface area contributed by atoms with Crippen LogP contribution in [0.5, 0.6) is 0 Å². The zero-order valence-corrected chi connectivity index (χ0v) is 21.2. The smallest absolute Gasteiger partial charge is 0.243 e. The van der Waals surface area contributed by atoms with Gasteiger partial charge in [-0.05, 0) is 61.5 Å². The number of allylic oxidation sites excluding steroid dienone is 2. The van der Waals surface area contributed by atoms with E-state index in [-0.39, 0.29) is 11.4 Å². The highest BCUT2D eigenvalue weighted by atomic mass is 16.1. The number of hydrogen-bond acceptors (Lipinski definition) is 3. The fraction of sp³-hybridized carbons (Fsp3) is 0.312. The van der Waals surface area contributed by atoms with Gasteiger partial charge in [-0.3, -0.25) is 14.7 Å². The number of hydrogen-bond donors (Lipinski definition) is 1. The van der Waals surface area contributed by atoms with Gasteiger partial charge in [-0.1, -0.05) is 97.8 Å². The van der Waals surface area contributed by atoms with Gasteiger partial charge >= 0.3 is 0 Å². The summed E-state index contributed by atoms with van der Waals surface area (Å²) in [5.74, 6) is 0.618. The molecule has 1 saturated heterocycles. The maximum Gasteiger partial charge on any atom is 0.243 e. The first-order valence-electron chi connectivity index (χ1n) is 13.0. The number of amides is 1. The largest absolute Gasteiger partial charge is 0.353 e. The summed E-state index contributed by atoms with van der Waals surface area (Å²) in [6, 6.07) is 25.8. The number of nitrogens with zero attached hydrogens (tertiary/aromatic N) is 2. The number of carbonyl (C=O) groups excluding carboxylic acids is 1. The SMILES string of the molecule is CN1CCC(CCCCNC(=O)C=CC=Cc2cccnc2)CC1(c1ccccc1)c1ccccc1. The third-order valence-electron chi connectivity index (χ3n) is 7.28. The lowest BCUT2D eigenvalue weighted by molar-refractivity contribution is -0.116. The van der Waals surface area contributed by atoms with Gasteiger partial charge < -0.3 is 5.32 Å². The van der Waals surface area contributed by atoms with E-state index < -0.39 is 0 Å². The van der Waals surface area contributed by atoms with Crippen molar-refractivity contribution in [1.29, 1.82) is 0 Å². The standard InChI is InChI=1S/C32H37N3O/c1-35-24-21-27(25-32(35,29-16-4-2-5-17-29)30-18-6-3-7-19-30)13-10-11-23-34-31(36)20-9-8-14-28-15-12-22-33-26-28/h2-9,12,14-20,22,26-27H,10-11,13,21,23-25H2,1H3,(H,34,36). The Balaban J connectivity index is 1.27. The van der Waals surface area contributed by atoms with Crippen LogP contribution in [0.1, 0.15) is 48.8 Å². The van der Waals surface area contributed by atoms with Crippen molar-refractivity contribution < 1.29 is 4.79 Å². The van der Waals surface area contributed by atoms with Gasteiger partial charge in [0, 0.05) is 25.0 Å². The van der Waals surface area contributed by atoms with E-state index in [9.17, 15) is 4.79 Å². The molecular weight excluding hydrogens is 442 g/mol. The molecule has 186 valence electrons. The molecule has 1 aromatic heterocycles. The van der Waals surface area contributed by atoms with Crippen molar-refractivity contribution in [2.24, 2.45) is 5.92 Å². The van der Waals surface area contributed by atoms with E-state index in [0.29, 0.717) is 12.5 Å². The average Bonchev–Trinajstić information content (AvgIpc) is 2.93. The lowest BCUT2D eigenvalue weighted by atomic mass is 9.70. The lowest BCUT2D eigenvalue weighted by Crippen LogP contribution is -2.50. The molecule has 0 saturated carbocycles. The molecule has 1 amide bonds. The van der Waals surface area contributed by atoms with Crippen molar-refractivity contribution in [1.82, 2.24) is 15.2 Å². The van der Waals surface area contributed by atoms with Crippen molar-refractivity contribution >= 4 is 12.0 Å². The molecule has 4 heteroatoms.